The average Bonchev–Trinajstić information content (AvgIpc) is 2.92. The van der Waals surface area contributed by atoms with Gasteiger partial charge in [-0.15, -0.1) is 6.58 Å². The molecule has 0 radical (unpaired) electrons. The highest BCUT2D eigenvalue weighted by molar-refractivity contribution is 4.93. The lowest BCUT2D eigenvalue weighted by Crippen LogP contribution is -1.93. The van der Waals surface area contributed by atoms with Crippen LogP contribution in [0.15, 0.2) is 12.7 Å². The van der Waals surface area contributed by atoms with E-state index >= 15 is 0 Å². The van der Waals surface area contributed by atoms with Gasteiger partial charge in [-0.1, -0.05) is 25.8 Å². The summed E-state index contributed by atoms with van der Waals surface area (Å²) < 4.78 is 0. The molecule has 0 aromatic carbocycles. The summed E-state index contributed by atoms with van der Waals surface area (Å²) in [5.41, 5.74) is 0. The fraction of sp³-hybridized carbons (Fsp3) is 0.833. The summed E-state index contributed by atoms with van der Waals surface area (Å²) in [6, 6.07) is 0. The summed E-state index contributed by atoms with van der Waals surface area (Å²) in [7, 11) is 0. The maximum atomic E-state index is 3.84. The normalized spacial score (nSPS) is 36.1. The van der Waals surface area contributed by atoms with Crippen LogP contribution in [0.2, 0.25) is 0 Å². The maximum absolute atomic E-state index is 3.84. The molecule has 0 amide bonds. The van der Waals surface area contributed by atoms with Gasteiger partial charge in [0, 0.05) is 0 Å². The number of hydrogen-bond donors (Lipinski definition) is 0. The molecule has 0 heteroatoms. The zero-order chi connectivity index (χ0) is 8.55. The van der Waals surface area contributed by atoms with E-state index in [9.17, 15) is 0 Å². The minimum Gasteiger partial charge on any atom is -0.103 e. The van der Waals surface area contributed by atoms with Crippen LogP contribution in [-0.4, -0.2) is 0 Å². The molecule has 3 unspecified atom stereocenters. The fourth-order valence-corrected chi connectivity index (χ4v) is 2.24. The highest BCUT2D eigenvalue weighted by Gasteiger charge is 2.40. The van der Waals surface area contributed by atoms with Gasteiger partial charge < -0.3 is 0 Å². The van der Waals surface area contributed by atoms with Gasteiger partial charge in [-0.2, -0.15) is 0 Å². The topological polar surface area (TPSA) is 0 Å². The second kappa shape index (κ2) is 3.24. The van der Waals surface area contributed by atoms with Crippen molar-refractivity contribution in [2.45, 2.75) is 39.0 Å². The van der Waals surface area contributed by atoms with Gasteiger partial charge in [0.2, 0.25) is 0 Å². The average molecular weight is 164 g/mol. The first-order chi connectivity index (χ1) is 5.79. The summed E-state index contributed by atoms with van der Waals surface area (Å²) in [6.45, 7) is 6.13. The second-order valence-electron chi connectivity index (χ2n) is 4.88. The third-order valence-corrected chi connectivity index (χ3v) is 3.48. The van der Waals surface area contributed by atoms with E-state index in [0.717, 1.165) is 23.7 Å². The van der Waals surface area contributed by atoms with Gasteiger partial charge in [0.15, 0.2) is 0 Å². The van der Waals surface area contributed by atoms with Crippen LogP contribution in [0, 0.1) is 23.7 Å². The molecule has 2 aliphatic rings. The molecule has 0 spiro atoms. The Labute approximate surface area is 76.1 Å². The minimum atomic E-state index is 0.749. The van der Waals surface area contributed by atoms with E-state index in [1.165, 1.54) is 25.7 Å². The van der Waals surface area contributed by atoms with E-state index in [2.05, 4.69) is 19.6 Å². The molecule has 3 atom stereocenters. The van der Waals surface area contributed by atoms with Crippen molar-refractivity contribution >= 4 is 0 Å². The molecule has 0 saturated heterocycles. The second-order valence-corrected chi connectivity index (χ2v) is 4.88. The van der Waals surface area contributed by atoms with E-state index in [4.69, 9.17) is 0 Å². The molecule has 2 fully saturated rings. The first kappa shape index (κ1) is 8.34. The summed E-state index contributed by atoms with van der Waals surface area (Å²) >= 11 is 0. The highest BCUT2D eigenvalue weighted by Crippen LogP contribution is 2.51. The summed E-state index contributed by atoms with van der Waals surface area (Å²) in [4.78, 5) is 0. The summed E-state index contributed by atoms with van der Waals surface area (Å²) in [6.07, 6.45) is 9.64. The van der Waals surface area contributed by atoms with Crippen LogP contribution >= 0.6 is 0 Å². The Kier molecular flexibility index (Phi) is 2.25. The zero-order valence-corrected chi connectivity index (χ0v) is 8.13. The van der Waals surface area contributed by atoms with Crippen LogP contribution in [0.5, 0.6) is 0 Å². The molecular formula is C12H20. The van der Waals surface area contributed by atoms with Crippen molar-refractivity contribution in [1.82, 2.24) is 0 Å². The Morgan fingerprint density at radius 2 is 2.17 bits per heavy atom. The number of allylic oxidation sites excluding steroid dienone is 1. The molecule has 0 N–H and O–H groups in total. The van der Waals surface area contributed by atoms with Crippen LogP contribution in [0.4, 0.5) is 0 Å². The van der Waals surface area contributed by atoms with Gasteiger partial charge >= 0.3 is 0 Å². The highest BCUT2D eigenvalue weighted by atomic mass is 14.5. The van der Waals surface area contributed by atoms with Crippen molar-refractivity contribution in [3.8, 4) is 0 Å². The zero-order valence-electron chi connectivity index (χ0n) is 8.13. The van der Waals surface area contributed by atoms with Crippen molar-refractivity contribution in [2.24, 2.45) is 23.7 Å². The molecule has 0 aromatic heterocycles. The van der Waals surface area contributed by atoms with Gasteiger partial charge in [0.05, 0.1) is 0 Å². The largest absolute Gasteiger partial charge is 0.103 e. The molecule has 0 aliphatic heterocycles. The fourth-order valence-electron chi connectivity index (χ4n) is 2.24. The van der Waals surface area contributed by atoms with Crippen LogP contribution in [-0.2, 0) is 0 Å². The Hall–Kier alpha value is -0.260. The summed E-state index contributed by atoms with van der Waals surface area (Å²) in [5.74, 6) is 4.07. The molecule has 0 heterocycles. The van der Waals surface area contributed by atoms with Crippen LogP contribution in [0.1, 0.15) is 39.0 Å². The van der Waals surface area contributed by atoms with E-state index in [1.807, 2.05) is 0 Å². The Bertz CT molecular complexity index is 167. The van der Waals surface area contributed by atoms with E-state index < -0.39 is 0 Å². The Morgan fingerprint density at radius 3 is 2.75 bits per heavy atom. The van der Waals surface area contributed by atoms with E-state index in [0.29, 0.717) is 0 Å². The molecule has 0 nitrogen and oxygen atoms in total. The van der Waals surface area contributed by atoms with Crippen molar-refractivity contribution in [3.63, 3.8) is 0 Å². The molecule has 68 valence electrons. The Balaban J connectivity index is 1.62. The minimum absolute atomic E-state index is 0.749. The first-order valence-corrected chi connectivity index (χ1v) is 5.42. The third kappa shape index (κ3) is 2.12. The predicted octanol–water partition coefficient (Wildman–Crippen LogP) is 3.63. The molecule has 2 rings (SSSR count). The van der Waals surface area contributed by atoms with Crippen LogP contribution < -0.4 is 0 Å². The Morgan fingerprint density at radius 1 is 1.42 bits per heavy atom. The van der Waals surface area contributed by atoms with Gasteiger partial charge in [-0.25, -0.2) is 0 Å². The van der Waals surface area contributed by atoms with Crippen molar-refractivity contribution < 1.29 is 0 Å². The van der Waals surface area contributed by atoms with Crippen LogP contribution in [0.25, 0.3) is 0 Å². The lowest BCUT2D eigenvalue weighted by atomic mass is 10.0. The molecule has 2 aliphatic carbocycles. The van der Waals surface area contributed by atoms with Gasteiger partial charge in [0.25, 0.3) is 0 Å². The predicted molar refractivity (Wildman–Crippen MR) is 52.9 cm³/mol. The lowest BCUT2D eigenvalue weighted by Gasteiger charge is -2.03. The lowest BCUT2D eigenvalue weighted by molar-refractivity contribution is 0.522. The molecule has 0 bridgehead atoms. The third-order valence-electron chi connectivity index (χ3n) is 3.48. The van der Waals surface area contributed by atoms with Crippen molar-refractivity contribution in [1.29, 1.82) is 0 Å². The SMILES string of the molecule is C=CC(C)CC1CC1CC1CC1. The number of rotatable bonds is 5. The van der Waals surface area contributed by atoms with Crippen molar-refractivity contribution in [2.75, 3.05) is 0 Å². The monoisotopic (exact) mass is 164 g/mol. The summed E-state index contributed by atoms with van der Waals surface area (Å²) in [5, 5.41) is 0. The first-order valence-electron chi connectivity index (χ1n) is 5.42. The van der Waals surface area contributed by atoms with Crippen molar-refractivity contribution in [3.05, 3.63) is 12.7 Å². The molecule has 12 heavy (non-hydrogen) atoms. The molecular weight excluding hydrogens is 144 g/mol. The molecule has 0 aromatic rings. The van der Waals surface area contributed by atoms with Gasteiger partial charge in [-0.05, 0) is 42.9 Å². The van der Waals surface area contributed by atoms with E-state index in [-0.39, 0.29) is 0 Å². The standard InChI is InChI=1S/C12H20/c1-3-9(2)6-11-8-12(11)7-10-4-5-10/h3,9-12H,1,4-8H2,2H3. The van der Waals surface area contributed by atoms with E-state index in [1.54, 1.807) is 6.42 Å². The molecule has 2 saturated carbocycles. The van der Waals surface area contributed by atoms with Gasteiger partial charge in [0.1, 0.15) is 0 Å². The van der Waals surface area contributed by atoms with Crippen LogP contribution in [0.3, 0.4) is 0 Å². The smallest absolute Gasteiger partial charge is 0.0262 e. The van der Waals surface area contributed by atoms with Gasteiger partial charge in [-0.3, -0.25) is 0 Å². The quantitative estimate of drug-likeness (QED) is 0.544. The number of hydrogen-bond acceptors (Lipinski definition) is 0. The maximum Gasteiger partial charge on any atom is -0.0262 e.